The zero-order valence-corrected chi connectivity index (χ0v) is 13.3. The molecule has 1 aromatic rings. The van der Waals surface area contributed by atoms with Crippen LogP contribution in [0.3, 0.4) is 0 Å². The fourth-order valence-electron chi connectivity index (χ4n) is 1.21. The molecule has 2 N–H and O–H groups in total. The molecule has 1 rings (SSSR count). The minimum absolute atomic E-state index is 0. The van der Waals surface area contributed by atoms with Crippen molar-refractivity contribution >= 4 is 15.9 Å². The van der Waals surface area contributed by atoms with E-state index in [4.69, 9.17) is 4.74 Å². The van der Waals surface area contributed by atoms with E-state index in [1.54, 1.807) is 0 Å². The predicted octanol–water partition coefficient (Wildman–Crippen LogP) is -0.419. The Hall–Kier alpha value is -0.290. The molecule has 104 valence electrons. The Labute approximate surface area is 123 Å². The lowest BCUT2D eigenvalue weighted by molar-refractivity contribution is -0.00000566. The lowest BCUT2D eigenvalue weighted by Gasteiger charge is -2.22. The van der Waals surface area contributed by atoms with Crippen molar-refractivity contribution in [3.05, 3.63) is 28.7 Å². The van der Waals surface area contributed by atoms with Gasteiger partial charge in [0.05, 0.1) is 0 Å². The third kappa shape index (κ3) is 7.93. The summed E-state index contributed by atoms with van der Waals surface area (Å²) in [6.07, 6.45) is -0.502. The highest BCUT2D eigenvalue weighted by Gasteiger charge is 2.12. The normalized spacial score (nSPS) is 12.7. The van der Waals surface area contributed by atoms with Crippen molar-refractivity contribution in [2.24, 2.45) is 0 Å². The summed E-state index contributed by atoms with van der Waals surface area (Å²) in [7, 11) is 0. The van der Waals surface area contributed by atoms with Gasteiger partial charge in [0.15, 0.2) is 0 Å². The summed E-state index contributed by atoms with van der Waals surface area (Å²) in [6.45, 7) is 7.02. The van der Waals surface area contributed by atoms with E-state index in [0.29, 0.717) is 13.2 Å². The van der Waals surface area contributed by atoms with Crippen LogP contribution in [0.5, 0.6) is 5.75 Å². The molecular formula is C13H20BrClNO2-. The van der Waals surface area contributed by atoms with Crippen molar-refractivity contribution < 1.29 is 22.3 Å². The van der Waals surface area contributed by atoms with E-state index in [1.165, 1.54) is 0 Å². The van der Waals surface area contributed by atoms with Crippen molar-refractivity contribution in [1.82, 2.24) is 5.32 Å². The number of ether oxygens (including phenoxy) is 1. The van der Waals surface area contributed by atoms with Crippen LogP contribution in [0.25, 0.3) is 0 Å². The third-order valence-electron chi connectivity index (χ3n) is 2.12. The average Bonchev–Trinajstić information content (AvgIpc) is 2.25. The van der Waals surface area contributed by atoms with E-state index in [9.17, 15) is 5.11 Å². The number of aliphatic hydroxyl groups excluding tert-OH is 1. The van der Waals surface area contributed by atoms with Crippen LogP contribution in [0.1, 0.15) is 20.8 Å². The van der Waals surface area contributed by atoms with Crippen molar-refractivity contribution in [3.8, 4) is 5.75 Å². The quantitative estimate of drug-likeness (QED) is 0.767. The first-order valence-corrected chi connectivity index (χ1v) is 6.47. The SMILES string of the molecule is CC(C)(C)NCC(O)COc1ccc(Br)cc1.[Cl-]. The van der Waals surface area contributed by atoms with Gasteiger partial charge < -0.3 is 27.6 Å². The summed E-state index contributed by atoms with van der Waals surface area (Å²) >= 11 is 3.36. The van der Waals surface area contributed by atoms with Crippen molar-refractivity contribution in [1.29, 1.82) is 0 Å². The summed E-state index contributed by atoms with van der Waals surface area (Å²) in [5, 5.41) is 13.0. The molecule has 5 heteroatoms. The van der Waals surface area contributed by atoms with Gasteiger partial charge in [0.1, 0.15) is 18.5 Å². The largest absolute Gasteiger partial charge is 1.00 e. The molecule has 0 heterocycles. The van der Waals surface area contributed by atoms with E-state index < -0.39 is 6.10 Å². The molecule has 0 spiro atoms. The fourth-order valence-corrected chi connectivity index (χ4v) is 1.47. The third-order valence-corrected chi connectivity index (χ3v) is 2.65. The first-order chi connectivity index (χ1) is 7.87. The molecule has 0 fully saturated rings. The molecule has 0 bridgehead atoms. The lowest BCUT2D eigenvalue weighted by atomic mass is 10.1. The standard InChI is InChI=1S/C13H20BrNO2.ClH/c1-13(2,3)15-8-11(16)9-17-12-6-4-10(14)5-7-12;/h4-7,11,15-16H,8-9H2,1-3H3;1H/p-1. The number of aliphatic hydroxyl groups is 1. The second-order valence-corrected chi connectivity index (χ2v) is 5.97. The topological polar surface area (TPSA) is 41.5 Å². The minimum Gasteiger partial charge on any atom is -1.00 e. The van der Waals surface area contributed by atoms with Gasteiger partial charge in [0.2, 0.25) is 0 Å². The maximum Gasteiger partial charge on any atom is 0.119 e. The summed E-state index contributed by atoms with van der Waals surface area (Å²) in [4.78, 5) is 0. The number of benzene rings is 1. The van der Waals surface area contributed by atoms with E-state index in [1.807, 2.05) is 24.3 Å². The summed E-state index contributed by atoms with van der Waals surface area (Å²) in [5.74, 6) is 0.767. The van der Waals surface area contributed by atoms with Crippen molar-refractivity contribution in [2.75, 3.05) is 13.2 Å². The molecule has 1 aromatic carbocycles. The van der Waals surface area contributed by atoms with E-state index in [2.05, 4.69) is 42.0 Å². The molecule has 18 heavy (non-hydrogen) atoms. The molecular weight excluding hydrogens is 318 g/mol. The predicted molar refractivity (Wildman–Crippen MR) is 73.4 cm³/mol. The Balaban J connectivity index is 0.00000289. The molecule has 3 nitrogen and oxygen atoms in total. The minimum atomic E-state index is -0.502. The zero-order chi connectivity index (χ0) is 12.9. The number of halogens is 2. The molecule has 0 amide bonds. The molecule has 0 aromatic heterocycles. The second kappa shape index (κ2) is 8.00. The van der Waals surface area contributed by atoms with Crippen LogP contribution in [-0.2, 0) is 0 Å². The Bertz CT molecular complexity index is 338. The van der Waals surface area contributed by atoms with Crippen LogP contribution in [0.4, 0.5) is 0 Å². The summed E-state index contributed by atoms with van der Waals surface area (Å²) in [6, 6.07) is 7.56. The highest BCUT2D eigenvalue weighted by atomic mass is 79.9. The Kier molecular flexibility index (Phi) is 7.87. The number of nitrogens with one attached hydrogen (secondary N) is 1. The van der Waals surface area contributed by atoms with E-state index >= 15 is 0 Å². The molecule has 0 radical (unpaired) electrons. The van der Waals surface area contributed by atoms with E-state index in [-0.39, 0.29) is 17.9 Å². The number of rotatable bonds is 5. The van der Waals surface area contributed by atoms with Gasteiger partial charge in [-0.1, -0.05) is 15.9 Å². The Morgan fingerprint density at radius 2 is 1.83 bits per heavy atom. The molecule has 1 unspecified atom stereocenters. The van der Waals surface area contributed by atoms with Gasteiger partial charge >= 0.3 is 0 Å². The van der Waals surface area contributed by atoms with Gasteiger partial charge in [-0.15, -0.1) is 0 Å². The highest BCUT2D eigenvalue weighted by Crippen LogP contribution is 2.16. The molecule has 0 aliphatic heterocycles. The molecule has 0 saturated carbocycles. The van der Waals surface area contributed by atoms with Crippen LogP contribution in [0.15, 0.2) is 28.7 Å². The van der Waals surface area contributed by atoms with Crippen LogP contribution in [0.2, 0.25) is 0 Å². The molecule has 0 aliphatic carbocycles. The van der Waals surface area contributed by atoms with Gasteiger partial charge in [-0.2, -0.15) is 0 Å². The van der Waals surface area contributed by atoms with Crippen molar-refractivity contribution in [3.63, 3.8) is 0 Å². The summed E-state index contributed by atoms with van der Waals surface area (Å²) in [5.41, 5.74) is 0.0125. The highest BCUT2D eigenvalue weighted by molar-refractivity contribution is 9.10. The average molecular weight is 338 g/mol. The smallest absolute Gasteiger partial charge is 0.119 e. The second-order valence-electron chi connectivity index (χ2n) is 5.05. The first kappa shape index (κ1) is 17.7. The van der Waals surface area contributed by atoms with E-state index in [0.717, 1.165) is 10.2 Å². The number of hydrogen-bond acceptors (Lipinski definition) is 3. The summed E-state index contributed by atoms with van der Waals surface area (Å²) < 4.78 is 6.49. The first-order valence-electron chi connectivity index (χ1n) is 5.68. The van der Waals surface area contributed by atoms with Crippen molar-refractivity contribution in [2.45, 2.75) is 32.4 Å². The molecule has 0 aliphatic rings. The maximum atomic E-state index is 9.73. The molecule has 0 saturated heterocycles. The van der Waals surface area contributed by atoms with Crippen LogP contribution in [0, 0.1) is 0 Å². The van der Waals surface area contributed by atoms with Gasteiger partial charge in [0.25, 0.3) is 0 Å². The van der Waals surface area contributed by atoms with Crippen LogP contribution >= 0.6 is 15.9 Å². The van der Waals surface area contributed by atoms with Gasteiger partial charge in [-0.25, -0.2) is 0 Å². The van der Waals surface area contributed by atoms with Gasteiger partial charge in [-0.3, -0.25) is 0 Å². The Morgan fingerprint density at radius 3 is 2.33 bits per heavy atom. The fraction of sp³-hybridized carbons (Fsp3) is 0.538. The number of hydrogen-bond donors (Lipinski definition) is 2. The number of β-amino-alcohol motifs (C(OH)–C–C–N with tert-alkyl or cyclic N) is 1. The Morgan fingerprint density at radius 1 is 1.28 bits per heavy atom. The monoisotopic (exact) mass is 336 g/mol. The maximum absolute atomic E-state index is 9.73. The van der Waals surface area contributed by atoms with Crippen LogP contribution < -0.4 is 22.5 Å². The zero-order valence-electron chi connectivity index (χ0n) is 10.9. The lowest BCUT2D eigenvalue weighted by Crippen LogP contribution is -3.00. The van der Waals surface area contributed by atoms with Gasteiger partial charge in [0, 0.05) is 16.6 Å². The molecule has 1 atom stereocenters. The van der Waals surface area contributed by atoms with Crippen LogP contribution in [-0.4, -0.2) is 29.9 Å². The van der Waals surface area contributed by atoms with Gasteiger partial charge in [-0.05, 0) is 45.0 Å².